The van der Waals surface area contributed by atoms with Crippen LogP contribution in [0.25, 0.3) is 0 Å². The Labute approximate surface area is 118 Å². The van der Waals surface area contributed by atoms with Gasteiger partial charge in [-0.05, 0) is 30.5 Å². The zero-order valence-corrected chi connectivity index (χ0v) is 11.9. The van der Waals surface area contributed by atoms with Crippen LogP contribution in [-0.4, -0.2) is 20.4 Å². The van der Waals surface area contributed by atoms with E-state index in [1.54, 1.807) is 12.1 Å². The van der Waals surface area contributed by atoms with Gasteiger partial charge in [0.15, 0.2) is 0 Å². The molecule has 2 unspecified atom stereocenters. The summed E-state index contributed by atoms with van der Waals surface area (Å²) in [7, 11) is -3.68. The first-order valence-corrected chi connectivity index (χ1v) is 8.07. The standard InChI is InChI=1S/C13H19N3O3S/c14-12-3-1-2-11(12)13(17)16-8-9-4-6-10(7-5-9)20(15,18)19/h4-7,11-12H,1-3,8,14H2,(H,16,17)(H2,15,18,19). The molecule has 1 aromatic rings. The first-order valence-electron chi connectivity index (χ1n) is 6.53. The minimum absolute atomic E-state index is 0.0366. The molecule has 0 spiro atoms. The topological polar surface area (TPSA) is 115 Å². The van der Waals surface area contributed by atoms with E-state index in [9.17, 15) is 13.2 Å². The molecule has 1 saturated carbocycles. The maximum Gasteiger partial charge on any atom is 0.238 e. The van der Waals surface area contributed by atoms with Gasteiger partial charge in [0.25, 0.3) is 0 Å². The van der Waals surface area contributed by atoms with Crippen molar-refractivity contribution in [2.75, 3.05) is 0 Å². The monoisotopic (exact) mass is 297 g/mol. The van der Waals surface area contributed by atoms with Crippen molar-refractivity contribution in [3.05, 3.63) is 29.8 Å². The van der Waals surface area contributed by atoms with E-state index < -0.39 is 10.0 Å². The summed E-state index contributed by atoms with van der Waals surface area (Å²) >= 11 is 0. The van der Waals surface area contributed by atoms with Gasteiger partial charge < -0.3 is 11.1 Å². The van der Waals surface area contributed by atoms with E-state index in [1.807, 2.05) is 0 Å². The summed E-state index contributed by atoms with van der Waals surface area (Å²) in [6.07, 6.45) is 2.71. The summed E-state index contributed by atoms with van der Waals surface area (Å²) in [5.41, 5.74) is 6.69. The van der Waals surface area contributed by atoms with Gasteiger partial charge in [0.1, 0.15) is 0 Å². The number of benzene rings is 1. The maximum atomic E-state index is 11.9. The highest BCUT2D eigenvalue weighted by molar-refractivity contribution is 7.89. The minimum Gasteiger partial charge on any atom is -0.352 e. The second-order valence-electron chi connectivity index (χ2n) is 5.11. The molecule has 1 amide bonds. The van der Waals surface area contributed by atoms with Crippen LogP contribution in [0.1, 0.15) is 24.8 Å². The molecule has 1 aromatic carbocycles. The van der Waals surface area contributed by atoms with E-state index in [1.165, 1.54) is 12.1 Å². The van der Waals surface area contributed by atoms with Crippen molar-refractivity contribution >= 4 is 15.9 Å². The van der Waals surface area contributed by atoms with E-state index >= 15 is 0 Å². The molecular weight excluding hydrogens is 278 g/mol. The predicted octanol–water partition coefficient (Wildman–Crippen LogP) is 0.0776. The van der Waals surface area contributed by atoms with Gasteiger partial charge in [0, 0.05) is 12.6 Å². The van der Waals surface area contributed by atoms with Crippen LogP contribution in [0.4, 0.5) is 0 Å². The van der Waals surface area contributed by atoms with Crippen LogP contribution in [0, 0.1) is 5.92 Å². The van der Waals surface area contributed by atoms with Crippen LogP contribution >= 0.6 is 0 Å². The Kier molecular flexibility index (Phi) is 4.42. The molecule has 0 bridgehead atoms. The molecule has 1 aliphatic rings. The number of carbonyl (C=O) groups is 1. The number of hydrogen-bond donors (Lipinski definition) is 3. The Morgan fingerprint density at radius 3 is 2.40 bits per heavy atom. The summed E-state index contributed by atoms with van der Waals surface area (Å²) < 4.78 is 22.2. The average Bonchev–Trinajstić information content (AvgIpc) is 2.82. The van der Waals surface area contributed by atoms with Crippen molar-refractivity contribution in [3.63, 3.8) is 0 Å². The zero-order chi connectivity index (χ0) is 14.8. The van der Waals surface area contributed by atoms with Crippen LogP contribution in [0.15, 0.2) is 29.2 Å². The first-order chi connectivity index (χ1) is 9.38. The van der Waals surface area contributed by atoms with Gasteiger partial charge in [0.05, 0.1) is 10.8 Å². The number of rotatable bonds is 4. The quantitative estimate of drug-likeness (QED) is 0.729. The third kappa shape index (κ3) is 3.56. The van der Waals surface area contributed by atoms with Crippen molar-refractivity contribution in [1.82, 2.24) is 5.32 Å². The third-order valence-corrected chi connectivity index (χ3v) is 4.55. The summed E-state index contributed by atoms with van der Waals surface area (Å²) in [6.45, 7) is 0.354. The summed E-state index contributed by atoms with van der Waals surface area (Å²) in [5.74, 6) is -0.149. The molecule has 2 rings (SSSR count). The number of nitrogens with two attached hydrogens (primary N) is 2. The number of hydrogen-bond acceptors (Lipinski definition) is 4. The van der Waals surface area contributed by atoms with Gasteiger partial charge in [-0.2, -0.15) is 0 Å². The van der Waals surface area contributed by atoms with Crippen LogP contribution in [-0.2, 0) is 21.4 Å². The molecule has 1 fully saturated rings. The van der Waals surface area contributed by atoms with Gasteiger partial charge in [-0.3, -0.25) is 4.79 Å². The number of nitrogens with one attached hydrogen (secondary N) is 1. The summed E-state index contributed by atoms with van der Waals surface area (Å²) in [6, 6.07) is 6.07. The number of amides is 1. The lowest BCUT2D eigenvalue weighted by Crippen LogP contribution is -2.38. The fraction of sp³-hybridized carbons (Fsp3) is 0.462. The summed E-state index contributed by atoms with van der Waals surface area (Å²) in [5, 5.41) is 7.85. The molecule has 7 heteroatoms. The highest BCUT2D eigenvalue weighted by Crippen LogP contribution is 2.24. The van der Waals surface area contributed by atoms with E-state index in [-0.39, 0.29) is 22.8 Å². The van der Waals surface area contributed by atoms with E-state index in [0.717, 1.165) is 24.8 Å². The molecule has 0 heterocycles. The second-order valence-corrected chi connectivity index (χ2v) is 6.67. The third-order valence-electron chi connectivity index (χ3n) is 3.62. The smallest absolute Gasteiger partial charge is 0.238 e. The van der Waals surface area contributed by atoms with Crippen molar-refractivity contribution in [3.8, 4) is 0 Å². The molecule has 0 aliphatic heterocycles. The maximum absolute atomic E-state index is 11.9. The lowest BCUT2D eigenvalue weighted by Gasteiger charge is -2.15. The van der Waals surface area contributed by atoms with E-state index in [0.29, 0.717) is 6.54 Å². The van der Waals surface area contributed by atoms with Gasteiger partial charge in [-0.15, -0.1) is 0 Å². The van der Waals surface area contributed by atoms with Crippen molar-refractivity contribution < 1.29 is 13.2 Å². The van der Waals surface area contributed by atoms with Crippen molar-refractivity contribution in [1.29, 1.82) is 0 Å². The molecule has 20 heavy (non-hydrogen) atoms. The Balaban J connectivity index is 1.93. The normalized spacial score (nSPS) is 22.7. The van der Waals surface area contributed by atoms with E-state index in [2.05, 4.69) is 5.32 Å². The van der Waals surface area contributed by atoms with Crippen molar-refractivity contribution in [2.24, 2.45) is 16.8 Å². The fourth-order valence-electron chi connectivity index (χ4n) is 2.43. The second kappa shape index (κ2) is 5.90. The van der Waals surface area contributed by atoms with Gasteiger partial charge >= 0.3 is 0 Å². The summed E-state index contributed by atoms with van der Waals surface area (Å²) in [4.78, 5) is 12.0. The van der Waals surface area contributed by atoms with E-state index in [4.69, 9.17) is 10.9 Å². The molecule has 0 saturated heterocycles. The van der Waals surface area contributed by atoms with Crippen LogP contribution < -0.4 is 16.2 Å². The van der Waals surface area contributed by atoms with Crippen LogP contribution in [0.5, 0.6) is 0 Å². The SMILES string of the molecule is NC1CCCC1C(=O)NCc1ccc(S(N)(=O)=O)cc1. The molecule has 5 N–H and O–H groups in total. The minimum atomic E-state index is -3.68. The fourth-order valence-corrected chi connectivity index (χ4v) is 2.95. The molecular formula is C13H19N3O3S. The lowest BCUT2D eigenvalue weighted by atomic mass is 10.0. The number of carbonyl (C=O) groups excluding carboxylic acids is 1. The number of primary sulfonamides is 1. The predicted molar refractivity (Wildman–Crippen MR) is 75.0 cm³/mol. The van der Waals surface area contributed by atoms with Crippen molar-refractivity contribution in [2.45, 2.75) is 36.7 Å². The van der Waals surface area contributed by atoms with Gasteiger partial charge in [-0.25, -0.2) is 13.6 Å². The molecule has 0 aromatic heterocycles. The highest BCUT2D eigenvalue weighted by Gasteiger charge is 2.29. The Bertz CT molecular complexity index is 583. The highest BCUT2D eigenvalue weighted by atomic mass is 32.2. The van der Waals surface area contributed by atoms with Crippen LogP contribution in [0.2, 0.25) is 0 Å². The Hall–Kier alpha value is -1.44. The van der Waals surface area contributed by atoms with Gasteiger partial charge in [0.2, 0.25) is 15.9 Å². The number of sulfonamides is 1. The average molecular weight is 297 g/mol. The van der Waals surface area contributed by atoms with Crippen LogP contribution in [0.3, 0.4) is 0 Å². The molecule has 6 nitrogen and oxygen atoms in total. The largest absolute Gasteiger partial charge is 0.352 e. The van der Waals surface area contributed by atoms with Gasteiger partial charge in [-0.1, -0.05) is 18.6 Å². The molecule has 0 radical (unpaired) electrons. The Morgan fingerprint density at radius 1 is 1.25 bits per heavy atom. The Morgan fingerprint density at radius 2 is 1.90 bits per heavy atom. The molecule has 1 aliphatic carbocycles. The zero-order valence-electron chi connectivity index (χ0n) is 11.1. The molecule has 110 valence electrons. The lowest BCUT2D eigenvalue weighted by molar-refractivity contribution is -0.125. The molecule has 2 atom stereocenters. The first kappa shape index (κ1) is 15.0.